The maximum Gasteiger partial charge on any atom is 0.399 e. The van der Waals surface area contributed by atoms with Crippen LogP contribution in [0.25, 0.3) is 0 Å². The number of thioether (sulfide) groups is 1. The van der Waals surface area contributed by atoms with E-state index in [1.165, 1.54) is 37.7 Å². The topological polar surface area (TPSA) is 18.5 Å². The molecule has 4 heteroatoms. The van der Waals surface area contributed by atoms with Gasteiger partial charge in [0.1, 0.15) is 5.09 Å². The Kier molecular flexibility index (Phi) is 6.57. The van der Waals surface area contributed by atoms with E-state index >= 15 is 0 Å². The maximum absolute atomic E-state index is 6.93. The standard InChI is InChI=1S/C22H34O2SSi/c1-5-21(25-4)24-26(16-11-17-26)23-20-15-10-9-14-19(20)22(2,3)18-12-7-6-8-13-18/h5-8,12-13,19-20H,9-11,14-17H2,1-4H3/b21-5-/t19-,20-/m0/s1. The minimum atomic E-state index is -2.05. The van der Waals surface area contributed by atoms with Crippen molar-refractivity contribution in [1.29, 1.82) is 0 Å². The highest BCUT2D eigenvalue weighted by Gasteiger charge is 2.51. The first kappa shape index (κ1) is 20.0. The Morgan fingerprint density at radius 1 is 1.12 bits per heavy atom. The van der Waals surface area contributed by atoms with Crippen LogP contribution in [-0.4, -0.2) is 20.9 Å². The normalized spacial score (nSPS) is 26.2. The van der Waals surface area contributed by atoms with E-state index in [1.807, 2.05) is 0 Å². The Balaban J connectivity index is 1.78. The van der Waals surface area contributed by atoms with Gasteiger partial charge in [0.05, 0.1) is 6.10 Å². The van der Waals surface area contributed by atoms with Crippen molar-refractivity contribution in [1.82, 2.24) is 0 Å². The lowest BCUT2D eigenvalue weighted by Crippen LogP contribution is -2.54. The van der Waals surface area contributed by atoms with Crippen LogP contribution in [0.15, 0.2) is 41.5 Å². The molecule has 26 heavy (non-hydrogen) atoms. The molecule has 1 saturated carbocycles. The molecule has 0 aromatic heterocycles. The average Bonchev–Trinajstić information content (AvgIpc) is 2.65. The molecule has 0 amide bonds. The van der Waals surface area contributed by atoms with E-state index in [0.717, 1.165) is 17.2 Å². The molecule has 0 radical (unpaired) electrons. The second-order valence-electron chi connectivity index (χ2n) is 8.31. The van der Waals surface area contributed by atoms with Crippen molar-refractivity contribution in [2.45, 2.75) is 76.5 Å². The molecular formula is C22H34O2SSi. The molecule has 1 aliphatic carbocycles. The molecule has 2 nitrogen and oxygen atoms in total. The van der Waals surface area contributed by atoms with E-state index < -0.39 is 8.56 Å². The van der Waals surface area contributed by atoms with Crippen LogP contribution >= 0.6 is 11.8 Å². The molecular weight excluding hydrogens is 356 g/mol. The van der Waals surface area contributed by atoms with Crippen molar-refractivity contribution in [3.8, 4) is 0 Å². The van der Waals surface area contributed by atoms with E-state index in [1.54, 1.807) is 11.8 Å². The van der Waals surface area contributed by atoms with Crippen molar-refractivity contribution in [2.75, 3.05) is 6.26 Å². The second-order valence-corrected chi connectivity index (χ2v) is 12.4. The SMILES string of the molecule is C/C=C(/O[Si]1(O[C@H]2CCCC[C@@H]2C(C)(C)c2ccccc2)CCC1)SC. The van der Waals surface area contributed by atoms with Gasteiger partial charge in [-0.25, -0.2) is 0 Å². The van der Waals surface area contributed by atoms with Crippen molar-refractivity contribution >= 4 is 20.3 Å². The van der Waals surface area contributed by atoms with Crippen molar-refractivity contribution < 1.29 is 8.85 Å². The van der Waals surface area contributed by atoms with Crippen LogP contribution in [0.4, 0.5) is 0 Å². The fourth-order valence-corrected chi connectivity index (χ4v) is 8.29. The van der Waals surface area contributed by atoms with Crippen LogP contribution in [0.5, 0.6) is 0 Å². The summed E-state index contributed by atoms with van der Waals surface area (Å²) in [6, 6.07) is 13.3. The zero-order valence-electron chi connectivity index (χ0n) is 16.8. The lowest BCUT2D eigenvalue weighted by molar-refractivity contribution is 0.0192. The summed E-state index contributed by atoms with van der Waals surface area (Å²) in [6.07, 6.45) is 10.8. The van der Waals surface area contributed by atoms with Crippen LogP contribution in [0.2, 0.25) is 12.1 Å². The van der Waals surface area contributed by atoms with E-state index in [9.17, 15) is 0 Å². The molecule has 0 N–H and O–H groups in total. The van der Waals surface area contributed by atoms with Gasteiger partial charge in [0, 0.05) is 12.1 Å². The molecule has 0 spiro atoms. The van der Waals surface area contributed by atoms with Crippen LogP contribution in [-0.2, 0) is 14.3 Å². The van der Waals surface area contributed by atoms with Crippen LogP contribution in [0.3, 0.4) is 0 Å². The predicted molar refractivity (Wildman–Crippen MR) is 115 cm³/mol. The molecule has 1 heterocycles. The average molecular weight is 391 g/mol. The van der Waals surface area contributed by atoms with Gasteiger partial charge in [-0.1, -0.05) is 68.8 Å². The van der Waals surface area contributed by atoms with Gasteiger partial charge in [0.2, 0.25) is 0 Å². The third-order valence-electron chi connectivity index (χ3n) is 6.35. The van der Waals surface area contributed by atoms with Crippen molar-refractivity contribution in [2.24, 2.45) is 5.92 Å². The summed E-state index contributed by atoms with van der Waals surface area (Å²) >= 11 is 1.70. The van der Waals surface area contributed by atoms with Crippen LogP contribution < -0.4 is 0 Å². The van der Waals surface area contributed by atoms with Crippen molar-refractivity contribution in [3.63, 3.8) is 0 Å². The Morgan fingerprint density at radius 3 is 2.38 bits per heavy atom. The Hall–Kier alpha value is -0.713. The first-order chi connectivity index (χ1) is 12.5. The van der Waals surface area contributed by atoms with Crippen LogP contribution in [0.1, 0.15) is 58.4 Å². The molecule has 2 atom stereocenters. The third-order valence-corrected chi connectivity index (χ3v) is 10.8. The monoisotopic (exact) mass is 390 g/mol. The smallest absolute Gasteiger partial charge is 0.399 e. The highest BCUT2D eigenvalue weighted by atomic mass is 32.2. The number of hydrogen-bond acceptors (Lipinski definition) is 3. The van der Waals surface area contributed by atoms with Gasteiger partial charge in [-0.15, -0.1) is 0 Å². The van der Waals surface area contributed by atoms with E-state index in [2.05, 4.69) is 63.4 Å². The number of benzene rings is 1. The minimum Gasteiger partial charge on any atom is -0.515 e. The molecule has 1 aromatic rings. The highest BCUT2D eigenvalue weighted by Crippen LogP contribution is 2.46. The first-order valence-corrected chi connectivity index (χ1v) is 13.6. The zero-order valence-corrected chi connectivity index (χ0v) is 18.6. The fourth-order valence-electron chi connectivity index (χ4n) is 4.53. The van der Waals surface area contributed by atoms with Gasteiger partial charge < -0.3 is 8.85 Å². The summed E-state index contributed by atoms with van der Waals surface area (Å²) in [5.74, 6) is 0.565. The van der Waals surface area contributed by atoms with Gasteiger partial charge in [0.15, 0.2) is 0 Å². The van der Waals surface area contributed by atoms with Gasteiger partial charge in [-0.3, -0.25) is 0 Å². The predicted octanol–water partition coefficient (Wildman–Crippen LogP) is 6.63. The van der Waals surface area contributed by atoms with Gasteiger partial charge in [0.25, 0.3) is 0 Å². The zero-order chi connectivity index (χ0) is 18.6. The van der Waals surface area contributed by atoms with Crippen LogP contribution in [0, 0.1) is 5.92 Å². The van der Waals surface area contributed by atoms with Crippen molar-refractivity contribution in [3.05, 3.63) is 47.1 Å². The summed E-state index contributed by atoms with van der Waals surface area (Å²) in [4.78, 5) is 0. The lowest BCUT2D eigenvalue weighted by Gasteiger charge is -2.48. The third kappa shape index (κ3) is 4.23. The number of allylic oxidation sites excluding steroid dienone is 1. The molecule has 1 aromatic carbocycles. The molecule has 3 rings (SSSR count). The van der Waals surface area contributed by atoms with E-state index in [0.29, 0.717) is 12.0 Å². The molecule has 1 aliphatic heterocycles. The number of hydrogen-bond donors (Lipinski definition) is 0. The molecule has 1 saturated heterocycles. The largest absolute Gasteiger partial charge is 0.515 e. The Labute approximate surface area is 165 Å². The molecule has 0 bridgehead atoms. The summed E-state index contributed by atoms with van der Waals surface area (Å²) in [5, 5.41) is 1.05. The van der Waals surface area contributed by atoms with Gasteiger partial charge >= 0.3 is 8.56 Å². The maximum atomic E-state index is 6.93. The molecule has 144 valence electrons. The van der Waals surface area contributed by atoms with Gasteiger partial charge in [-0.2, -0.15) is 0 Å². The van der Waals surface area contributed by atoms with E-state index in [4.69, 9.17) is 8.85 Å². The quantitative estimate of drug-likeness (QED) is 0.385. The summed E-state index contributed by atoms with van der Waals surface area (Å²) in [5.41, 5.74) is 1.57. The summed E-state index contributed by atoms with van der Waals surface area (Å²) in [6.45, 7) is 6.88. The molecule has 2 fully saturated rings. The summed E-state index contributed by atoms with van der Waals surface area (Å²) < 4.78 is 13.4. The van der Waals surface area contributed by atoms with E-state index in [-0.39, 0.29) is 5.41 Å². The second kappa shape index (κ2) is 8.53. The number of rotatable bonds is 7. The lowest BCUT2D eigenvalue weighted by atomic mass is 9.66. The molecule has 2 aliphatic rings. The Morgan fingerprint density at radius 2 is 1.81 bits per heavy atom. The highest BCUT2D eigenvalue weighted by molar-refractivity contribution is 8.02. The molecule has 0 unspecified atom stereocenters. The first-order valence-electron chi connectivity index (χ1n) is 10.1. The minimum absolute atomic E-state index is 0.134. The Bertz CT molecular complexity index is 610. The van der Waals surface area contributed by atoms with Gasteiger partial charge in [-0.05, 0) is 55.4 Å². The fraction of sp³-hybridized carbons (Fsp3) is 0.636. The summed E-state index contributed by atoms with van der Waals surface area (Å²) in [7, 11) is -2.05.